The van der Waals surface area contributed by atoms with Gasteiger partial charge >= 0.3 is 5.97 Å². The molecule has 0 atom stereocenters. The largest absolute Gasteiger partial charge is 0.465 e. The number of ether oxygens (including phenoxy) is 1. The van der Waals surface area contributed by atoms with Gasteiger partial charge in [-0.1, -0.05) is 19.3 Å². The quantitative estimate of drug-likeness (QED) is 0.879. The number of anilines is 1. The van der Waals surface area contributed by atoms with E-state index in [2.05, 4.69) is 21.3 Å². The summed E-state index contributed by atoms with van der Waals surface area (Å²) in [5.74, 6) is -0.339. The number of fused-ring (bicyclic) bond motifs is 1. The molecule has 1 fully saturated rings. The van der Waals surface area contributed by atoms with Crippen LogP contribution in [-0.4, -0.2) is 29.9 Å². The van der Waals surface area contributed by atoms with Crippen LogP contribution in [-0.2, 0) is 4.74 Å². The maximum Gasteiger partial charge on any atom is 0.340 e. The van der Waals surface area contributed by atoms with Crippen molar-refractivity contribution in [2.45, 2.75) is 38.1 Å². The van der Waals surface area contributed by atoms with E-state index in [1.165, 1.54) is 39.2 Å². The summed E-state index contributed by atoms with van der Waals surface area (Å²) < 4.78 is 6.91. The van der Waals surface area contributed by atoms with E-state index >= 15 is 0 Å². The van der Waals surface area contributed by atoms with Crippen LogP contribution in [0.1, 0.15) is 48.5 Å². The van der Waals surface area contributed by atoms with E-state index in [-0.39, 0.29) is 5.97 Å². The van der Waals surface area contributed by atoms with Crippen molar-refractivity contribution in [1.82, 2.24) is 9.78 Å². The minimum Gasteiger partial charge on any atom is -0.465 e. The number of carbonyl (C=O) groups excluding carboxylic acids is 1. The molecule has 0 amide bonds. The molecule has 1 aromatic carbocycles. The van der Waals surface area contributed by atoms with E-state index in [1.807, 2.05) is 12.1 Å². The Hall–Kier alpha value is -2.04. The van der Waals surface area contributed by atoms with Crippen LogP contribution in [0.15, 0.2) is 18.3 Å². The Labute approximate surface area is 124 Å². The predicted octanol–water partition coefficient (Wildman–Crippen LogP) is 3.37. The van der Waals surface area contributed by atoms with Gasteiger partial charge in [0.05, 0.1) is 24.2 Å². The van der Waals surface area contributed by atoms with Crippen LogP contribution in [0.4, 0.5) is 5.69 Å². The molecule has 1 N–H and O–H groups in total. The Morgan fingerprint density at radius 2 is 2.10 bits per heavy atom. The van der Waals surface area contributed by atoms with Gasteiger partial charge in [0.15, 0.2) is 0 Å². The van der Waals surface area contributed by atoms with Gasteiger partial charge in [0.1, 0.15) is 0 Å². The molecular weight excluding hydrogens is 266 g/mol. The molecule has 2 aromatic rings. The molecule has 5 nitrogen and oxygen atoms in total. The molecule has 1 heterocycles. The molecule has 0 saturated heterocycles. The highest BCUT2D eigenvalue weighted by atomic mass is 16.5. The minimum atomic E-state index is -0.339. The second-order valence-corrected chi connectivity index (χ2v) is 5.60. The summed E-state index contributed by atoms with van der Waals surface area (Å²) in [5.41, 5.74) is 2.15. The summed E-state index contributed by atoms with van der Waals surface area (Å²) in [5, 5.41) is 8.78. The average Bonchev–Trinajstić information content (AvgIpc) is 2.96. The molecule has 1 aliphatic carbocycles. The second kappa shape index (κ2) is 5.76. The van der Waals surface area contributed by atoms with Crippen LogP contribution in [0.3, 0.4) is 0 Å². The number of methoxy groups -OCH3 is 1. The Kier molecular flexibility index (Phi) is 3.82. The van der Waals surface area contributed by atoms with Crippen molar-refractivity contribution in [2.24, 2.45) is 0 Å². The van der Waals surface area contributed by atoms with Crippen LogP contribution in [0.5, 0.6) is 0 Å². The third-order valence-corrected chi connectivity index (χ3v) is 4.28. The Balaban J connectivity index is 2.02. The molecule has 1 aliphatic rings. The van der Waals surface area contributed by atoms with Crippen molar-refractivity contribution in [3.05, 3.63) is 23.9 Å². The molecule has 5 heteroatoms. The van der Waals surface area contributed by atoms with E-state index in [4.69, 9.17) is 4.74 Å². The predicted molar refractivity (Wildman–Crippen MR) is 82.7 cm³/mol. The lowest BCUT2D eigenvalue weighted by Gasteiger charge is -2.21. The van der Waals surface area contributed by atoms with Crippen LogP contribution in [0, 0.1) is 0 Å². The maximum atomic E-state index is 11.8. The molecule has 0 unspecified atom stereocenters. The number of hydrogen-bond acceptors (Lipinski definition) is 4. The van der Waals surface area contributed by atoms with Crippen molar-refractivity contribution < 1.29 is 9.53 Å². The number of aromatic nitrogens is 2. The third-order valence-electron chi connectivity index (χ3n) is 4.28. The lowest BCUT2D eigenvalue weighted by molar-refractivity contribution is 0.0602. The van der Waals surface area contributed by atoms with E-state index in [9.17, 15) is 4.79 Å². The van der Waals surface area contributed by atoms with E-state index in [0.717, 1.165) is 16.6 Å². The van der Waals surface area contributed by atoms with Crippen molar-refractivity contribution in [1.29, 1.82) is 0 Å². The molecule has 1 saturated carbocycles. The maximum absolute atomic E-state index is 11.8. The van der Waals surface area contributed by atoms with E-state index in [1.54, 1.807) is 7.05 Å². The number of nitrogens with one attached hydrogen (secondary N) is 1. The smallest absolute Gasteiger partial charge is 0.340 e. The summed E-state index contributed by atoms with van der Waals surface area (Å²) in [6, 6.07) is 4.27. The first-order valence-electron chi connectivity index (χ1n) is 7.52. The molecule has 0 spiro atoms. The summed E-state index contributed by atoms with van der Waals surface area (Å²) in [7, 11) is 3.20. The third kappa shape index (κ3) is 2.60. The average molecular weight is 287 g/mol. The minimum absolute atomic E-state index is 0.339. The second-order valence-electron chi connectivity index (χ2n) is 5.60. The standard InChI is InChI=1S/C16H21N3O2/c1-17-15-8-11-10-19(12-6-4-3-5-7-12)18-14(11)9-13(15)16(20)21-2/h8-10,12,17H,3-7H2,1-2H3. The fourth-order valence-electron chi connectivity index (χ4n) is 3.11. The van der Waals surface area contributed by atoms with Crippen molar-refractivity contribution in [3.63, 3.8) is 0 Å². The lowest BCUT2D eigenvalue weighted by Crippen LogP contribution is -2.12. The fraction of sp³-hybridized carbons (Fsp3) is 0.500. The number of nitrogens with zero attached hydrogens (tertiary/aromatic N) is 2. The number of carbonyl (C=O) groups is 1. The molecule has 0 bridgehead atoms. The summed E-state index contributed by atoms with van der Waals surface area (Å²) in [4.78, 5) is 11.8. The summed E-state index contributed by atoms with van der Waals surface area (Å²) in [6.45, 7) is 0. The normalized spacial score (nSPS) is 16.1. The first-order chi connectivity index (χ1) is 10.2. The van der Waals surface area contributed by atoms with Gasteiger partial charge in [-0.15, -0.1) is 0 Å². The first kappa shape index (κ1) is 13.9. The zero-order valence-corrected chi connectivity index (χ0v) is 12.6. The van der Waals surface area contributed by atoms with Crippen LogP contribution in [0.2, 0.25) is 0 Å². The first-order valence-corrected chi connectivity index (χ1v) is 7.52. The van der Waals surface area contributed by atoms with Crippen LogP contribution < -0.4 is 5.32 Å². The number of hydrogen-bond donors (Lipinski definition) is 1. The molecule has 1 aromatic heterocycles. The van der Waals surface area contributed by atoms with Crippen molar-refractivity contribution in [2.75, 3.05) is 19.5 Å². The van der Waals surface area contributed by atoms with E-state index < -0.39 is 0 Å². The van der Waals surface area contributed by atoms with E-state index in [0.29, 0.717) is 11.6 Å². The van der Waals surface area contributed by atoms with Crippen molar-refractivity contribution >= 4 is 22.6 Å². The van der Waals surface area contributed by atoms with Gasteiger partial charge in [-0.05, 0) is 25.0 Å². The topological polar surface area (TPSA) is 56.2 Å². The van der Waals surface area contributed by atoms with Gasteiger partial charge < -0.3 is 10.1 Å². The zero-order valence-electron chi connectivity index (χ0n) is 12.6. The highest BCUT2D eigenvalue weighted by molar-refractivity contribution is 6.00. The Bertz CT molecular complexity index is 657. The zero-order chi connectivity index (χ0) is 14.8. The van der Waals surface area contributed by atoms with Gasteiger partial charge in [-0.3, -0.25) is 4.68 Å². The molecule has 21 heavy (non-hydrogen) atoms. The Morgan fingerprint density at radius 3 is 2.76 bits per heavy atom. The van der Waals surface area contributed by atoms with Gasteiger partial charge in [0.25, 0.3) is 0 Å². The SMILES string of the molecule is CNc1cc2cn(C3CCCCC3)nc2cc1C(=O)OC. The highest BCUT2D eigenvalue weighted by Gasteiger charge is 2.18. The van der Waals surface area contributed by atoms with Gasteiger partial charge in [-0.2, -0.15) is 5.10 Å². The highest BCUT2D eigenvalue weighted by Crippen LogP contribution is 2.30. The van der Waals surface area contributed by atoms with Gasteiger partial charge in [0.2, 0.25) is 0 Å². The number of rotatable bonds is 3. The number of esters is 1. The molecule has 112 valence electrons. The van der Waals surface area contributed by atoms with Crippen molar-refractivity contribution in [3.8, 4) is 0 Å². The molecular formula is C16H21N3O2. The van der Waals surface area contributed by atoms with Crippen LogP contribution >= 0.6 is 0 Å². The Morgan fingerprint density at radius 1 is 1.33 bits per heavy atom. The van der Waals surface area contributed by atoms with Crippen LogP contribution in [0.25, 0.3) is 10.9 Å². The lowest BCUT2D eigenvalue weighted by atomic mass is 9.96. The van der Waals surface area contributed by atoms with Gasteiger partial charge in [0, 0.05) is 24.3 Å². The molecule has 3 rings (SSSR count). The summed E-state index contributed by atoms with van der Waals surface area (Å²) in [6.07, 6.45) is 8.35. The van der Waals surface area contributed by atoms with Gasteiger partial charge in [-0.25, -0.2) is 4.79 Å². The summed E-state index contributed by atoms with van der Waals surface area (Å²) >= 11 is 0. The fourth-order valence-corrected chi connectivity index (χ4v) is 3.11. The molecule has 0 radical (unpaired) electrons. The molecule has 0 aliphatic heterocycles. The number of benzene rings is 1. The monoisotopic (exact) mass is 287 g/mol.